The van der Waals surface area contributed by atoms with Crippen LogP contribution in [-0.4, -0.2) is 15.0 Å². The van der Waals surface area contributed by atoms with E-state index >= 15 is 0 Å². The fraction of sp³-hybridized carbons (Fsp3) is 0. The molecule has 0 radical (unpaired) electrons. The van der Waals surface area contributed by atoms with Crippen LogP contribution in [0, 0.1) is 17.1 Å². The lowest BCUT2D eigenvalue weighted by molar-refractivity contribution is 0.621. The maximum atomic E-state index is 13.2. The molecule has 0 aliphatic carbocycles. The van der Waals surface area contributed by atoms with Gasteiger partial charge in [-0.05, 0) is 12.1 Å². The third-order valence-electron chi connectivity index (χ3n) is 1.76. The molecule has 1 aromatic heterocycles. The molecule has 0 saturated heterocycles. The van der Waals surface area contributed by atoms with Gasteiger partial charge in [0, 0.05) is 6.07 Å². The van der Waals surface area contributed by atoms with Crippen LogP contribution in [0.15, 0.2) is 30.6 Å². The summed E-state index contributed by atoms with van der Waals surface area (Å²) < 4.78 is 14.6. The van der Waals surface area contributed by atoms with Gasteiger partial charge < -0.3 is 0 Å². The number of nitriles is 1. The Kier molecular flexibility index (Phi) is 1.95. The summed E-state index contributed by atoms with van der Waals surface area (Å²) in [5, 5.41) is 15.8. The molecule has 2 rings (SSSR count). The average molecular weight is 188 g/mol. The quantitative estimate of drug-likeness (QED) is 0.677. The van der Waals surface area contributed by atoms with Crippen molar-refractivity contribution >= 4 is 0 Å². The fourth-order valence-electron chi connectivity index (χ4n) is 1.08. The van der Waals surface area contributed by atoms with E-state index in [0.29, 0.717) is 5.69 Å². The number of aromatic nitrogens is 3. The van der Waals surface area contributed by atoms with Gasteiger partial charge in [0.15, 0.2) is 0 Å². The molecule has 0 aliphatic heterocycles. The molecular weight excluding hydrogens is 183 g/mol. The van der Waals surface area contributed by atoms with Crippen LogP contribution >= 0.6 is 0 Å². The zero-order chi connectivity index (χ0) is 9.97. The molecule has 4 nitrogen and oxygen atoms in total. The minimum atomic E-state index is -0.555. The van der Waals surface area contributed by atoms with E-state index in [2.05, 4.69) is 10.3 Å². The van der Waals surface area contributed by atoms with E-state index in [1.54, 1.807) is 18.3 Å². The Morgan fingerprint density at radius 3 is 2.86 bits per heavy atom. The van der Waals surface area contributed by atoms with Crippen LogP contribution in [0.4, 0.5) is 4.39 Å². The summed E-state index contributed by atoms with van der Waals surface area (Å²) in [7, 11) is 0. The molecule has 1 heterocycles. The first-order valence-electron chi connectivity index (χ1n) is 3.87. The van der Waals surface area contributed by atoms with Crippen molar-refractivity contribution in [1.82, 2.24) is 15.0 Å². The van der Waals surface area contributed by atoms with Gasteiger partial charge in [-0.3, -0.25) is 0 Å². The Morgan fingerprint density at radius 1 is 1.43 bits per heavy atom. The number of hydrogen-bond donors (Lipinski definition) is 0. The van der Waals surface area contributed by atoms with E-state index in [-0.39, 0.29) is 5.56 Å². The second-order valence-corrected chi connectivity index (χ2v) is 2.62. The van der Waals surface area contributed by atoms with Crippen molar-refractivity contribution in [3.8, 4) is 11.8 Å². The van der Waals surface area contributed by atoms with Crippen LogP contribution in [0.3, 0.4) is 0 Å². The molecule has 0 atom stereocenters. The highest BCUT2D eigenvalue weighted by molar-refractivity contribution is 5.39. The van der Waals surface area contributed by atoms with E-state index in [9.17, 15) is 4.39 Å². The van der Waals surface area contributed by atoms with Crippen molar-refractivity contribution in [1.29, 1.82) is 5.26 Å². The summed E-state index contributed by atoms with van der Waals surface area (Å²) in [6.07, 6.45) is 3.09. The molecule has 1 aromatic carbocycles. The van der Waals surface area contributed by atoms with E-state index in [0.717, 1.165) is 0 Å². The number of benzene rings is 1. The van der Waals surface area contributed by atoms with Crippen molar-refractivity contribution in [2.24, 2.45) is 0 Å². The van der Waals surface area contributed by atoms with Gasteiger partial charge >= 0.3 is 0 Å². The highest BCUT2D eigenvalue weighted by Crippen LogP contribution is 2.11. The minimum absolute atomic E-state index is 0.0221. The third kappa shape index (κ3) is 1.33. The lowest BCUT2D eigenvalue weighted by Crippen LogP contribution is -1.96. The normalized spacial score (nSPS) is 9.71. The molecule has 0 N–H and O–H groups in total. The smallest absolute Gasteiger partial charge is 0.143 e. The molecule has 5 heteroatoms. The van der Waals surface area contributed by atoms with Gasteiger partial charge in [-0.1, -0.05) is 5.21 Å². The average Bonchev–Trinajstić information content (AvgIpc) is 2.70. The molecule has 0 amide bonds. The van der Waals surface area contributed by atoms with E-state index in [4.69, 9.17) is 5.26 Å². The van der Waals surface area contributed by atoms with Crippen LogP contribution < -0.4 is 0 Å². The van der Waals surface area contributed by atoms with Gasteiger partial charge in [0.2, 0.25) is 0 Å². The van der Waals surface area contributed by atoms with Crippen LogP contribution in [0.2, 0.25) is 0 Å². The number of hydrogen-bond acceptors (Lipinski definition) is 3. The van der Waals surface area contributed by atoms with Crippen LogP contribution in [-0.2, 0) is 0 Å². The maximum Gasteiger partial charge on any atom is 0.143 e. The summed E-state index contributed by atoms with van der Waals surface area (Å²) in [6, 6.07) is 6.01. The van der Waals surface area contributed by atoms with Gasteiger partial charge in [0.05, 0.1) is 23.6 Å². The molecule has 0 aliphatic rings. The van der Waals surface area contributed by atoms with Crippen LogP contribution in [0.5, 0.6) is 0 Å². The lowest BCUT2D eigenvalue weighted by Gasteiger charge is -2.00. The van der Waals surface area contributed by atoms with Crippen LogP contribution in [0.1, 0.15) is 5.56 Å². The number of rotatable bonds is 1. The first-order chi connectivity index (χ1) is 6.81. The monoisotopic (exact) mass is 188 g/mol. The van der Waals surface area contributed by atoms with Crippen molar-refractivity contribution in [3.63, 3.8) is 0 Å². The predicted molar refractivity (Wildman–Crippen MR) is 46.0 cm³/mol. The Balaban J connectivity index is 2.49. The van der Waals surface area contributed by atoms with Gasteiger partial charge in [0.1, 0.15) is 11.9 Å². The first-order valence-corrected chi connectivity index (χ1v) is 3.87. The third-order valence-corrected chi connectivity index (χ3v) is 1.76. The zero-order valence-electron chi connectivity index (χ0n) is 7.05. The molecule has 0 unspecified atom stereocenters. The SMILES string of the molecule is N#Cc1ccc(-n2ccnn2)cc1F. The van der Waals surface area contributed by atoms with E-state index in [1.807, 2.05) is 0 Å². The van der Waals surface area contributed by atoms with E-state index < -0.39 is 5.82 Å². The molecule has 0 saturated carbocycles. The molecule has 14 heavy (non-hydrogen) atoms. The molecule has 68 valence electrons. The van der Waals surface area contributed by atoms with Crippen molar-refractivity contribution < 1.29 is 4.39 Å². The number of nitrogens with zero attached hydrogens (tertiary/aromatic N) is 4. The van der Waals surface area contributed by atoms with Gasteiger partial charge in [-0.15, -0.1) is 5.10 Å². The second kappa shape index (κ2) is 3.26. The molecular formula is C9H5FN4. The Hall–Kier alpha value is -2.22. The standard InChI is InChI=1S/C9H5FN4/c10-9-5-8(2-1-7(9)6-11)14-4-3-12-13-14/h1-5H. The molecule has 0 spiro atoms. The maximum absolute atomic E-state index is 13.2. The highest BCUT2D eigenvalue weighted by atomic mass is 19.1. The first kappa shape index (κ1) is 8.38. The summed E-state index contributed by atoms with van der Waals surface area (Å²) in [6.45, 7) is 0. The topological polar surface area (TPSA) is 54.5 Å². The number of halogens is 1. The largest absolute Gasteiger partial charge is 0.221 e. The summed E-state index contributed by atoms with van der Waals surface area (Å²) in [4.78, 5) is 0. The molecule has 0 fully saturated rings. The van der Waals surface area contributed by atoms with Crippen molar-refractivity contribution in [2.75, 3.05) is 0 Å². The van der Waals surface area contributed by atoms with Gasteiger partial charge in [-0.2, -0.15) is 5.26 Å². The lowest BCUT2D eigenvalue weighted by atomic mass is 10.2. The molecule has 0 bridgehead atoms. The summed E-state index contributed by atoms with van der Waals surface area (Å²) in [5.41, 5.74) is 0.563. The predicted octanol–water partition coefficient (Wildman–Crippen LogP) is 1.28. The summed E-state index contributed by atoms with van der Waals surface area (Å²) >= 11 is 0. The van der Waals surface area contributed by atoms with Crippen LogP contribution in [0.25, 0.3) is 5.69 Å². The minimum Gasteiger partial charge on any atom is -0.221 e. The summed E-state index contributed by atoms with van der Waals surface area (Å²) in [5.74, 6) is -0.555. The molecule has 2 aromatic rings. The van der Waals surface area contributed by atoms with E-state index in [1.165, 1.54) is 23.0 Å². The van der Waals surface area contributed by atoms with Crippen molar-refractivity contribution in [2.45, 2.75) is 0 Å². The Labute approximate surface area is 79.2 Å². The van der Waals surface area contributed by atoms with Gasteiger partial charge in [-0.25, -0.2) is 9.07 Å². The van der Waals surface area contributed by atoms with Gasteiger partial charge in [0.25, 0.3) is 0 Å². The van der Waals surface area contributed by atoms with Crippen molar-refractivity contribution in [3.05, 3.63) is 42.0 Å². The zero-order valence-corrected chi connectivity index (χ0v) is 7.05. The Bertz CT molecular complexity index is 484. The Morgan fingerprint density at radius 2 is 2.29 bits per heavy atom. The second-order valence-electron chi connectivity index (χ2n) is 2.62. The highest BCUT2D eigenvalue weighted by Gasteiger charge is 2.03. The fourth-order valence-corrected chi connectivity index (χ4v) is 1.08.